The molecule has 0 unspecified atom stereocenters. The van der Waals surface area contributed by atoms with Gasteiger partial charge in [-0.2, -0.15) is 0 Å². The smallest absolute Gasteiger partial charge is 0.293 e. The van der Waals surface area contributed by atoms with Gasteiger partial charge in [-0.05, 0) is 90.2 Å². The van der Waals surface area contributed by atoms with Gasteiger partial charge in [-0.25, -0.2) is 0 Å². The molecule has 6 aromatic carbocycles. The van der Waals surface area contributed by atoms with Crippen LogP contribution in [0.15, 0.2) is 126 Å². The topological polar surface area (TPSA) is 26.3 Å². The zero-order chi connectivity index (χ0) is 26.8. The van der Waals surface area contributed by atoms with Crippen LogP contribution in [0.5, 0.6) is 0 Å². The minimum atomic E-state index is -0.457. The molecule has 0 bridgehead atoms. The van der Waals surface area contributed by atoms with E-state index in [0.717, 1.165) is 21.2 Å². The van der Waals surface area contributed by atoms with E-state index in [2.05, 4.69) is 125 Å². The Balaban J connectivity index is 1.52. The maximum absolute atomic E-state index is 11.1. The van der Waals surface area contributed by atoms with Gasteiger partial charge in [0.05, 0.1) is 5.41 Å². The number of hydrogen-bond donors (Lipinski definition) is 0. The van der Waals surface area contributed by atoms with Crippen LogP contribution in [-0.2, 0) is 21.6 Å². The first-order chi connectivity index (χ1) is 19.7. The van der Waals surface area contributed by atoms with E-state index in [9.17, 15) is 4.79 Å². The lowest BCUT2D eigenvalue weighted by atomic mass is 9.61. The predicted molar refractivity (Wildman–Crippen MR) is 164 cm³/mol. The van der Waals surface area contributed by atoms with Crippen molar-refractivity contribution in [2.45, 2.75) is 12.0 Å². The van der Waals surface area contributed by atoms with E-state index in [0.29, 0.717) is 6.47 Å². The maximum atomic E-state index is 11.1. The van der Waals surface area contributed by atoms with Gasteiger partial charge in [0.1, 0.15) is 6.61 Å². The van der Waals surface area contributed by atoms with Crippen LogP contribution < -0.4 is 0 Å². The standard InChI is InChI=1S/C37H23BrO2/c38-26-16-18-27(25(19-26)21-40-22-39)24-15-17-30-31-11-5-7-23-8-6-14-34(36(23)31)37(35(30)20-24)32-12-3-1-9-28(32)29-10-2-4-13-33(29)37/h1-20,22H,21H2. The van der Waals surface area contributed by atoms with Crippen LogP contribution in [0.1, 0.15) is 27.8 Å². The highest BCUT2D eigenvalue weighted by molar-refractivity contribution is 9.10. The summed E-state index contributed by atoms with van der Waals surface area (Å²) in [5.41, 5.74) is 13.0. The minimum absolute atomic E-state index is 0.217. The van der Waals surface area contributed by atoms with E-state index in [1.165, 1.54) is 55.3 Å². The zero-order valence-electron chi connectivity index (χ0n) is 21.5. The largest absolute Gasteiger partial charge is 0.463 e. The second kappa shape index (κ2) is 8.77. The molecule has 0 saturated heterocycles. The molecule has 1 spiro atoms. The van der Waals surface area contributed by atoms with Gasteiger partial charge in [0.15, 0.2) is 0 Å². The highest BCUT2D eigenvalue weighted by Crippen LogP contribution is 2.62. The third-order valence-electron chi connectivity index (χ3n) is 8.66. The average molecular weight is 579 g/mol. The molecule has 0 aliphatic heterocycles. The molecule has 2 aliphatic carbocycles. The van der Waals surface area contributed by atoms with Crippen molar-refractivity contribution in [1.82, 2.24) is 0 Å². The van der Waals surface area contributed by atoms with Gasteiger partial charge in [-0.15, -0.1) is 0 Å². The van der Waals surface area contributed by atoms with Crippen LogP contribution in [0.3, 0.4) is 0 Å². The summed E-state index contributed by atoms with van der Waals surface area (Å²) in [5, 5.41) is 2.58. The SMILES string of the molecule is O=COCc1cc(Br)ccc1-c1ccc2c(c1)C1(c3ccccc3-c3ccccc31)c1cccc3cccc-2c13. The van der Waals surface area contributed by atoms with Crippen molar-refractivity contribution >= 4 is 33.2 Å². The van der Waals surface area contributed by atoms with Crippen LogP contribution in [0.25, 0.3) is 44.2 Å². The normalized spacial score (nSPS) is 13.5. The lowest BCUT2D eigenvalue weighted by molar-refractivity contribution is -0.129. The maximum Gasteiger partial charge on any atom is 0.293 e. The number of carbonyl (C=O) groups is 1. The van der Waals surface area contributed by atoms with Gasteiger partial charge in [0.25, 0.3) is 6.47 Å². The summed E-state index contributed by atoms with van der Waals surface area (Å²) in [6.07, 6.45) is 0. The molecule has 0 fully saturated rings. The van der Waals surface area contributed by atoms with Crippen molar-refractivity contribution in [2.24, 2.45) is 0 Å². The van der Waals surface area contributed by atoms with E-state index in [1.54, 1.807) is 0 Å². The zero-order valence-corrected chi connectivity index (χ0v) is 23.1. The second-order valence-corrected chi connectivity index (χ2v) is 11.4. The van der Waals surface area contributed by atoms with E-state index in [-0.39, 0.29) is 6.61 Å². The molecule has 190 valence electrons. The van der Waals surface area contributed by atoms with E-state index >= 15 is 0 Å². The summed E-state index contributed by atoms with van der Waals surface area (Å²) >= 11 is 3.60. The average Bonchev–Trinajstić information content (AvgIpc) is 3.29. The number of fused-ring (bicyclic) bond motifs is 9. The highest BCUT2D eigenvalue weighted by atomic mass is 79.9. The van der Waals surface area contributed by atoms with Gasteiger partial charge >= 0.3 is 0 Å². The molecule has 0 heterocycles. The molecule has 0 N–H and O–H groups in total. The van der Waals surface area contributed by atoms with Crippen molar-refractivity contribution < 1.29 is 9.53 Å². The van der Waals surface area contributed by atoms with Crippen LogP contribution >= 0.6 is 15.9 Å². The fourth-order valence-electron chi connectivity index (χ4n) is 7.18. The molecule has 6 aromatic rings. The Labute approximate surface area is 241 Å². The molecule has 0 aromatic heterocycles. The number of benzene rings is 6. The first kappa shape index (κ1) is 23.4. The van der Waals surface area contributed by atoms with Gasteiger partial charge in [0.2, 0.25) is 0 Å². The lowest BCUT2D eigenvalue weighted by Gasteiger charge is -2.40. The van der Waals surface area contributed by atoms with Crippen molar-refractivity contribution in [3.05, 3.63) is 154 Å². The third kappa shape index (κ3) is 3.07. The molecular formula is C37H23BrO2. The summed E-state index contributed by atoms with van der Waals surface area (Å²) in [5.74, 6) is 0. The highest BCUT2D eigenvalue weighted by Gasteiger charge is 2.49. The quantitative estimate of drug-likeness (QED) is 0.194. The molecule has 0 atom stereocenters. The molecular weight excluding hydrogens is 556 g/mol. The summed E-state index contributed by atoms with van der Waals surface area (Å²) in [7, 11) is 0. The summed E-state index contributed by atoms with van der Waals surface area (Å²) in [4.78, 5) is 11.1. The molecule has 40 heavy (non-hydrogen) atoms. The minimum Gasteiger partial charge on any atom is -0.463 e. The fraction of sp³-hybridized carbons (Fsp3) is 0.0541. The second-order valence-electron chi connectivity index (χ2n) is 10.5. The number of halogens is 1. The molecule has 0 saturated carbocycles. The number of ether oxygens (including phenoxy) is 1. The van der Waals surface area contributed by atoms with Crippen LogP contribution in [0.4, 0.5) is 0 Å². The Morgan fingerprint density at radius 3 is 1.98 bits per heavy atom. The molecule has 3 heteroatoms. The summed E-state index contributed by atoms with van der Waals surface area (Å²) < 4.78 is 6.17. The Hall–Kier alpha value is -4.47. The molecule has 2 nitrogen and oxygen atoms in total. The van der Waals surface area contributed by atoms with Crippen molar-refractivity contribution in [2.75, 3.05) is 0 Å². The Kier molecular flexibility index (Phi) is 5.14. The Morgan fingerprint density at radius 1 is 0.600 bits per heavy atom. The van der Waals surface area contributed by atoms with E-state index in [1.807, 2.05) is 12.1 Å². The number of carbonyl (C=O) groups excluding carboxylic acids is 1. The third-order valence-corrected chi connectivity index (χ3v) is 9.15. The summed E-state index contributed by atoms with van der Waals surface area (Å²) in [6.45, 7) is 0.727. The number of hydrogen-bond acceptors (Lipinski definition) is 2. The van der Waals surface area contributed by atoms with Crippen molar-refractivity contribution in [1.29, 1.82) is 0 Å². The Bertz CT molecular complexity index is 1950. The number of rotatable bonds is 4. The van der Waals surface area contributed by atoms with Crippen LogP contribution in [-0.4, -0.2) is 6.47 Å². The Morgan fingerprint density at radius 2 is 1.23 bits per heavy atom. The predicted octanol–water partition coefficient (Wildman–Crippen LogP) is 9.29. The van der Waals surface area contributed by atoms with Crippen LogP contribution in [0, 0.1) is 0 Å². The molecule has 0 amide bonds. The monoisotopic (exact) mass is 578 g/mol. The van der Waals surface area contributed by atoms with Gasteiger partial charge in [-0.3, -0.25) is 4.79 Å². The van der Waals surface area contributed by atoms with Gasteiger partial charge in [-0.1, -0.05) is 119 Å². The summed E-state index contributed by atoms with van der Waals surface area (Å²) in [6, 6.07) is 44.2. The molecule has 0 radical (unpaired) electrons. The lowest BCUT2D eigenvalue weighted by Crippen LogP contribution is -2.31. The molecule has 8 rings (SSSR count). The molecule has 2 aliphatic rings. The van der Waals surface area contributed by atoms with Gasteiger partial charge in [0, 0.05) is 4.47 Å². The van der Waals surface area contributed by atoms with Crippen molar-refractivity contribution in [3.8, 4) is 33.4 Å². The first-order valence-corrected chi connectivity index (χ1v) is 14.2. The first-order valence-electron chi connectivity index (χ1n) is 13.4. The van der Waals surface area contributed by atoms with E-state index in [4.69, 9.17) is 4.74 Å². The fourth-order valence-corrected chi connectivity index (χ4v) is 7.59. The van der Waals surface area contributed by atoms with Crippen LogP contribution in [0.2, 0.25) is 0 Å². The van der Waals surface area contributed by atoms with E-state index < -0.39 is 5.41 Å². The van der Waals surface area contributed by atoms with Gasteiger partial charge < -0.3 is 4.74 Å². The van der Waals surface area contributed by atoms with Crippen molar-refractivity contribution in [3.63, 3.8) is 0 Å².